The molecule has 3 aromatic rings. The molecular weight excluding hydrogens is 454 g/mol. The number of nitrogens with zero attached hydrogens (tertiary/aromatic N) is 1. The molecule has 3 aromatic carbocycles. The highest BCUT2D eigenvalue weighted by atomic mass is 16.5. The van der Waals surface area contributed by atoms with E-state index >= 15 is 0 Å². The topological polar surface area (TPSA) is 76.1 Å². The van der Waals surface area contributed by atoms with Gasteiger partial charge in [0, 0.05) is 17.3 Å². The maximum Gasteiger partial charge on any atom is 0.300 e. The van der Waals surface area contributed by atoms with Gasteiger partial charge >= 0.3 is 0 Å². The zero-order chi connectivity index (χ0) is 25.8. The molecule has 4 rings (SSSR count). The van der Waals surface area contributed by atoms with Gasteiger partial charge in [-0.25, -0.2) is 0 Å². The van der Waals surface area contributed by atoms with Gasteiger partial charge in [-0.2, -0.15) is 0 Å². The van der Waals surface area contributed by atoms with Crippen LogP contribution in [0.5, 0.6) is 11.5 Å². The van der Waals surface area contributed by atoms with Crippen LogP contribution in [0.25, 0.3) is 5.76 Å². The third-order valence-corrected chi connectivity index (χ3v) is 6.24. The van der Waals surface area contributed by atoms with E-state index in [9.17, 15) is 14.7 Å². The van der Waals surface area contributed by atoms with Crippen LogP contribution in [0, 0.1) is 6.92 Å². The van der Waals surface area contributed by atoms with Crippen LogP contribution in [-0.4, -0.2) is 30.0 Å². The maximum atomic E-state index is 13.5. The van der Waals surface area contributed by atoms with Crippen LogP contribution in [0.15, 0.2) is 72.3 Å². The molecule has 0 bridgehead atoms. The second-order valence-electron chi connectivity index (χ2n) is 8.63. The number of benzene rings is 3. The molecule has 1 amide bonds. The van der Waals surface area contributed by atoms with E-state index in [1.165, 1.54) is 4.90 Å². The summed E-state index contributed by atoms with van der Waals surface area (Å²) in [7, 11) is 0. The van der Waals surface area contributed by atoms with E-state index in [0.717, 1.165) is 23.1 Å². The van der Waals surface area contributed by atoms with Crippen LogP contribution < -0.4 is 14.4 Å². The zero-order valence-electron chi connectivity index (χ0n) is 21.1. The van der Waals surface area contributed by atoms with Gasteiger partial charge < -0.3 is 14.6 Å². The van der Waals surface area contributed by atoms with Crippen LogP contribution in [0.2, 0.25) is 0 Å². The Morgan fingerprint density at radius 3 is 2.22 bits per heavy atom. The lowest BCUT2D eigenvalue weighted by molar-refractivity contribution is -0.132. The SMILES string of the molecule is CCOc1ccc(N2C(=O)C(=O)/C(=C(/O)c3ccc(CC)cc3)C2c2cccc(C)c2)cc1OCC. The van der Waals surface area contributed by atoms with Gasteiger partial charge in [-0.3, -0.25) is 14.5 Å². The quantitative estimate of drug-likeness (QED) is 0.241. The summed E-state index contributed by atoms with van der Waals surface area (Å²) in [6.45, 7) is 8.62. The molecular formula is C30H31NO5. The maximum absolute atomic E-state index is 13.5. The molecule has 0 saturated carbocycles. The molecule has 0 aliphatic carbocycles. The van der Waals surface area contributed by atoms with Gasteiger partial charge in [0.15, 0.2) is 11.5 Å². The van der Waals surface area contributed by atoms with Crippen molar-refractivity contribution in [3.05, 3.63) is 94.6 Å². The number of amides is 1. The fourth-order valence-corrected chi connectivity index (χ4v) is 4.50. The minimum Gasteiger partial charge on any atom is -0.507 e. The molecule has 6 nitrogen and oxygen atoms in total. The predicted octanol–water partition coefficient (Wildman–Crippen LogP) is 5.98. The number of anilines is 1. The van der Waals surface area contributed by atoms with Crippen molar-refractivity contribution >= 4 is 23.1 Å². The highest BCUT2D eigenvalue weighted by Crippen LogP contribution is 2.44. The monoisotopic (exact) mass is 485 g/mol. The van der Waals surface area contributed by atoms with E-state index in [1.807, 2.05) is 64.1 Å². The molecule has 0 aromatic heterocycles. The third-order valence-electron chi connectivity index (χ3n) is 6.24. The Labute approximate surface area is 211 Å². The third kappa shape index (κ3) is 4.71. The fraction of sp³-hybridized carbons (Fsp3) is 0.267. The highest BCUT2D eigenvalue weighted by molar-refractivity contribution is 6.51. The Hall–Kier alpha value is -4.06. The summed E-state index contributed by atoms with van der Waals surface area (Å²) in [5, 5.41) is 11.3. The zero-order valence-corrected chi connectivity index (χ0v) is 21.1. The lowest BCUT2D eigenvalue weighted by Crippen LogP contribution is -2.29. The molecule has 6 heteroatoms. The van der Waals surface area contributed by atoms with Crippen molar-refractivity contribution in [3.63, 3.8) is 0 Å². The lowest BCUT2D eigenvalue weighted by Gasteiger charge is -2.26. The number of ketones is 1. The number of carbonyl (C=O) groups is 2. The molecule has 1 aliphatic rings. The summed E-state index contributed by atoms with van der Waals surface area (Å²) in [6, 6.07) is 19.4. The van der Waals surface area contributed by atoms with Gasteiger partial charge in [0.2, 0.25) is 0 Å². The summed E-state index contributed by atoms with van der Waals surface area (Å²) in [4.78, 5) is 28.3. The van der Waals surface area contributed by atoms with Gasteiger partial charge in [-0.1, -0.05) is 61.0 Å². The van der Waals surface area contributed by atoms with E-state index in [2.05, 4.69) is 0 Å². The molecule has 186 valence electrons. The van der Waals surface area contributed by atoms with E-state index in [4.69, 9.17) is 9.47 Å². The number of carbonyl (C=O) groups excluding carboxylic acids is 2. The van der Waals surface area contributed by atoms with Crippen LogP contribution in [0.4, 0.5) is 5.69 Å². The molecule has 0 spiro atoms. The second-order valence-corrected chi connectivity index (χ2v) is 8.63. The van der Waals surface area contributed by atoms with Crippen LogP contribution >= 0.6 is 0 Å². The van der Waals surface area contributed by atoms with Crippen molar-refractivity contribution in [2.24, 2.45) is 0 Å². The van der Waals surface area contributed by atoms with Crippen molar-refractivity contribution in [1.29, 1.82) is 0 Å². The molecule has 1 heterocycles. The number of aliphatic hydroxyl groups excluding tert-OH is 1. The van der Waals surface area contributed by atoms with Crippen molar-refractivity contribution in [2.45, 2.75) is 40.2 Å². The van der Waals surface area contributed by atoms with E-state index in [-0.39, 0.29) is 11.3 Å². The predicted molar refractivity (Wildman–Crippen MR) is 141 cm³/mol. The van der Waals surface area contributed by atoms with E-state index in [1.54, 1.807) is 30.3 Å². The van der Waals surface area contributed by atoms with Gasteiger partial charge in [-0.15, -0.1) is 0 Å². The molecule has 1 N–H and O–H groups in total. The van der Waals surface area contributed by atoms with Crippen LogP contribution in [-0.2, 0) is 16.0 Å². The molecule has 1 atom stereocenters. The Bertz CT molecular complexity index is 1310. The lowest BCUT2D eigenvalue weighted by atomic mass is 9.94. The summed E-state index contributed by atoms with van der Waals surface area (Å²) in [5.74, 6) is -0.592. The number of hydrogen-bond acceptors (Lipinski definition) is 5. The standard InChI is InChI=1S/C30H31NO5/c1-5-20-11-13-21(14-12-20)28(32)26-27(22-10-8-9-19(4)17-22)31(30(34)29(26)33)23-15-16-24(35-6-2)25(18-23)36-7-3/h8-18,27,32H,5-7H2,1-4H3/b28-26+. The average Bonchev–Trinajstić information content (AvgIpc) is 3.15. The van der Waals surface area contributed by atoms with Crippen molar-refractivity contribution in [1.82, 2.24) is 0 Å². The van der Waals surface area contributed by atoms with E-state index < -0.39 is 17.7 Å². The Kier molecular flexibility index (Phi) is 7.44. The number of aliphatic hydroxyl groups is 1. The first-order chi connectivity index (χ1) is 17.4. The van der Waals surface area contributed by atoms with Gasteiger partial charge in [0.1, 0.15) is 5.76 Å². The molecule has 1 unspecified atom stereocenters. The Morgan fingerprint density at radius 2 is 1.58 bits per heavy atom. The molecule has 0 radical (unpaired) electrons. The summed E-state index contributed by atoms with van der Waals surface area (Å²) in [6.07, 6.45) is 0.856. The summed E-state index contributed by atoms with van der Waals surface area (Å²) in [5.41, 5.74) is 3.85. The number of Topliss-reactive ketones (excluding diaryl/α,β-unsaturated/α-hetero) is 1. The summed E-state index contributed by atoms with van der Waals surface area (Å²) >= 11 is 0. The molecule has 1 fully saturated rings. The summed E-state index contributed by atoms with van der Waals surface area (Å²) < 4.78 is 11.4. The van der Waals surface area contributed by atoms with Gasteiger partial charge in [-0.05, 0) is 50.5 Å². The van der Waals surface area contributed by atoms with E-state index in [0.29, 0.717) is 36.0 Å². The Morgan fingerprint density at radius 1 is 0.889 bits per heavy atom. The highest BCUT2D eigenvalue weighted by Gasteiger charge is 2.47. The second kappa shape index (κ2) is 10.7. The number of rotatable bonds is 8. The van der Waals surface area contributed by atoms with Crippen molar-refractivity contribution in [3.8, 4) is 11.5 Å². The first kappa shape index (κ1) is 25.0. The smallest absolute Gasteiger partial charge is 0.300 e. The normalized spacial score (nSPS) is 16.9. The Balaban J connectivity index is 1.91. The molecule has 1 saturated heterocycles. The van der Waals surface area contributed by atoms with Crippen LogP contribution in [0.3, 0.4) is 0 Å². The minimum absolute atomic E-state index is 0.0571. The molecule has 36 heavy (non-hydrogen) atoms. The number of ether oxygens (including phenoxy) is 2. The van der Waals surface area contributed by atoms with Gasteiger partial charge in [0.25, 0.3) is 11.7 Å². The van der Waals surface area contributed by atoms with Crippen LogP contribution in [0.1, 0.15) is 49.1 Å². The first-order valence-corrected chi connectivity index (χ1v) is 12.3. The minimum atomic E-state index is -0.803. The fourth-order valence-electron chi connectivity index (χ4n) is 4.50. The molecule has 1 aliphatic heterocycles. The van der Waals surface area contributed by atoms with Crippen molar-refractivity contribution < 1.29 is 24.2 Å². The largest absolute Gasteiger partial charge is 0.507 e. The first-order valence-electron chi connectivity index (χ1n) is 12.3. The number of aryl methyl sites for hydroxylation is 2. The van der Waals surface area contributed by atoms with Gasteiger partial charge in [0.05, 0.1) is 24.8 Å². The number of hydrogen-bond donors (Lipinski definition) is 1. The van der Waals surface area contributed by atoms with Crippen molar-refractivity contribution in [2.75, 3.05) is 18.1 Å². The average molecular weight is 486 g/mol.